The number of aromatic nitrogens is 1. The van der Waals surface area contributed by atoms with E-state index in [1.165, 1.54) is 17.0 Å². The minimum Gasteiger partial charge on any atom is -0.369 e. The van der Waals surface area contributed by atoms with E-state index in [4.69, 9.17) is 0 Å². The molecule has 6 rings (SSSR count). The van der Waals surface area contributed by atoms with Gasteiger partial charge in [-0.15, -0.1) is 11.3 Å². The highest BCUT2D eigenvalue weighted by molar-refractivity contribution is 7.13. The predicted molar refractivity (Wildman–Crippen MR) is 147 cm³/mol. The van der Waals surface area contributed by atoms with E-state index in [-0.39, 0.29) is 11.8 Å². The molecule has 37 heavy (non-hydrogen) atoms. The van der Waals surface area contributed by atoms with Crippen LogP contribution in [0.2, 0.25) is 0 Å². The summed E-state index contributed by atoms with van der Waals surface area (Å²) in [6.07, 6.45) is 1.65. The summed E-state index contributed by atoms with van der Waals surface area (Å²) in [5.74, 6) is -0.413. The number of hydrogen-bond acceptors (Lipinski definition) is 6. The second-order valence-electron chi connectivity index (χ2n) is 9.23. The third-order valence-corrected chi connectivity index (χ3v) is 7.65. The van der Waals surface area contributed by atoms with Gasteiger partial charge in [-0.25, -0.2) is 4.98 Å². The van der Waals surface area contributed by atoms with Gasteiger partial charge in [-0.3, -0.25) is 14.9 Å². The van der Waals surface area contributed by atoms with Crippen LogP contribution in [0.5, 0.6) is 0 Å². The van der Waals surface area contributed by atoms with Gasteiger partial charge in [-0.2, -0.15) is 0 Å². The number of nitrogens with one attached hydrogen (secondary N) is 2. The average Bonchev–Trinajstić information content (AvgIpc) is 3.58. The van der Waals surface area contributed by atoms with E-state index < -0.39 is 6.04 Å². The first kappa shape index (κ1) is 23.4. The molecule has 4 aromatic rings. The summed E-state index contributed by atoms with van der Waals surface area (Å²) in [5.41, 5.74) is 5.60. The molecule has 0 unspecified atom stereocenters. The Morgan fingerprint density at radius 1 is 0.973 bits per heavy atom. The lowest BCUT2D eigenvalue weighted by atomic mass is 10.00. The number of fused-ring (bicyclic) bond motifs is 1. The summed E-state index contributed by atoms with van der Waals surface area (Å²) in [5, 5.41) is 8.59. The number of carbonyl (C=O) groups excluding carboxylic acids is 2. The highest BCUT2D eigenvalue weighted by Gasteiger charge is 2.37. The summed E-state index contributed by atoms with van der Waals surface area (Å²) in [6, 6.07) is 23.2. The number of hydrogen-bond donors (Lipinski definition) is 2. The van der Waals surface area contributed by atoms with Crippen LogP contribution < -0.4 is 15.5 Å². The van der Waals surface area contributed by atoms with E-state index in [1.54, 1.807) is 11.1 Å². The zero-order chi connectivity index (χ0) is 25.2. The van der Waals surface area contributed by atoms with Gasteiger partial charge in [0.25, 0.3) is 11.8 Å². The Bertz CT molecular complexity index is 1400. The molecule has 2 aliphatic heterocycles. The first-order valence-electron chi connectivity index (χ1n) is 12.4. The molecular weight excluding hydrogens is 482 g/mol. The van der Waals surface area contributed by atoms with Gasteiger partial charge in [-0.05, 0) is 40.5 Å². The maximum Gasteiger partial charge on any atom is 0.255 e. The number of thiazole rings is 1. The maximum atomic E-state index is 13.7. The summed E-state index contributed by atoms with van der Waals surface area (Å²) in [6.45, 7) is 4.37. The van der Waals surface area contributed by atoms with Crippen LogP contribution in [-0.4, -0.2) is 47.9 Å². The third kappa shape index (κ3) is 4.73. The summed E-state index contributed by atoms with van der Waals surface area (Å²) in [7, 11) is 0. The van der Waals surface area contributed by atoms with Crippen molar-refractivity contribution in [3.63, 3.8) is 0 Å². The van der Waals surface area contributed by atoms with Crippen molar-refractivity contribution < 1.29 is 9.59 Å². The first-order valence-corrected chi connectivity index (χ1v) is 13.3. The molecule has 0 bridgehead atoms. The second-order valence-corrected chi connectivity index (χ2v) is 10.1. The van der Waals surface area contributed by atoms with Crippen LogP contribution in [0.1, 0.15) is 27.5 Å². The number of anilines is 2. The Labute approximate surface area is 219 Å². The smallest absolute Gasteiger partial charge is 0.255 e. The van der Waals surface area contributed by atoms with E-state index in [2.05, 4.69) is 50.8 Å². The van der Waals surface area contributed by atoms with Crippen molar-refractivity contribution in [1.82, 2.24) is 15.2 Å². The van der Waals surface area contributed by atoms with Gasteiger partial charge in [0, 0.05) is 55.6 Å². The Balaban J connectivity index is 1.26. The molecule has 3 heterocycles. The fraction of sp³-hybridized carbons (Fsp3) is 0.207. The molecule has 0 spiro atoms. The van der Waals surface area contributed by atoms with Gasteiger partial charge < -0.3 is 15.1 Å². The molecule has 2 N–H and O–H groups in total. The van der Waals surface area contributed by atoms with E-state index in [1.807, 2.05) is 47.8 Å². The molecule has 1 fully saturated rings. The van der Waals surface area contributed by atoms with E-state index in [0.29, 0.717) is 17.2 Å². The molecule has 186 valence electrons. The SMILES string of the molecule is O=C(Nc1nccs1)[C@@H](c1ccccc1)N1Cc2ccc(-c3ccc(N4CCNCC4)cc3)cc2C1=O. The van der Waals surface area contributed by atoms with Crippen LogP contribution >= 0.6 is 11.3 Å². The van der Waals surface area contributed by atoms with Gasteiger partial charge >= 0.3 is 0 Å². The number of amides is 2. The molecule has 7 nitrogen and oxygen atoms in total. The van der Waals surface area contributed by atoms with Gasteiger partial charge in [0.05, 0.1) is 0 Å². The zero-order valence-electron chi connectivity index (χ0n) is 20.3. The quantitative estimate of drug-likeness (QED) is 0.399. The topological polar surface area (TPSA) is 77.6 Å². The second kappa shape index (κ2) is 10.2. The fourth-order valence-electron chi connectivity index (χ4n) is 5.07. The highest BCUT2D eigenvalue weighted by Crippen LogP contribution is 2.35. The van der Waals surface area contributed by atoms with Crippen LogP contribution in [0.25, 0.3) is 11.1 Å². The third-order valence-electron chi connectivity index (χ3n) is 6.96. The first-order chi connectivity index (χ1) is 18.2. The van der Waals surface area contributed by atoms with Crippen molar-refractivity contribution >= 4 is 34.0 Å². The summed E-state index contributed by atoms with van der Waals surface area (Å²) >= 11 is 1.35. The molecule has 1 atom stereocenters. The molecular formula is C29H27N5O2S. The monoisotopic (exact) mass is 509 g/mol. The van der Waals surface area contributed by atoms with Crippen LogP contribution in [0.15, 0.2) is 84.4 Å². The molecule has 1 saturated heterocycles. The lowest BCUT2D eigenvalue weighted by Gasteiger charge is -2.29. The maximum absolute atomic E-state index is 13.7. The van der Waals surface area contributed by atoms with Gasteiger partial charge in [0.2, 0.25) is 0 Å². The van der Waals surface area contributed by atoms with Gasteiger partial charge in [0.1, 0.15) is 6.04 Å². The normalized spacial score (nSPS) is 15.9. The summed E-state index contributed by atoms with van der Waals surface area (Å²) in [4.78, 5) is 35.3. The molecule has 2 aliphatic rings. The number of carbonyl (C=O) groups is 2. The van der Waals surface area contributed by atoms with E-state index in [0.717, 1.165) is 48.4 Å². The van der Waals surface area contributed by atoms with Crippen LogP contribution in [0.3, 0.4) is 0 Å². The van der Waals surface area contributed by atoms with E-state index >= 15 is 0 Å². The van der Waals surface area contributed by atoms with Crippen molar-refractivity contribution in [2.75, 3.05) is 36.4 Å². The lowest BCUT2D eigenvalue weighted by Crippen LogP contribution is -2.43. The van der Waals surface area contributed by atoms with E-state index in [9.17, 15) is 9.59 Å². The zero-order valence-corrected chi connectivity index (χ0v) is 21.1. The molecule has 0 radical (unpaired) electrons. The van der Waals surface area contributed by atoms with Crippen molar-refractivity contribution in [3.8, 4) is 11.1 Å². The fourth-order valence-corrected chi connectivity index (χ4v) is 5.60. The Hall–Kier alpha value is -4.01. The molecule has 0 aliphatic carbocycles. The molecule has 0 saturated carbocycles. The molecule has 2 amide bonds. The van der Waals surface area contributed by atoms with Crippen LogP contribution in [0.4, 0.5) is 10.8 Å². The average molecular weight is 510 g/mol. The van der Waals surface area contributed by atoms with Crippen molar-refractivity contribution in [2.45, 2.75) is 12.6 Å². The van der Waals surface area contributed by atoms with Crippen LogP contribution in [-0.2, 0) is 11.3 Å². The standard InChI is InChI=1S/C29H27N5O2S/c35-27(32-29-31-14-17-37-29)26(21-4-2-1-3-5-21)34-19-23-7-6-22(18-25(23)28(34)36)20-8-10-24(11-9-20)33-15-12-30-13-16-33/h1-11,14,17-18,26,30H,12-13,15-16,19H2,(H,31,32,35)/t26-/m1/s1. The van der Waals surface area contributed by atoms with Crippen molar-refractivity contribution in [1.29, 1.82) is 0 Å². The van der Waals surface area contributed by atoms with Crippen molar-refractivity contribution in [3.05, 3.63) is 101 Å². The highest BCUT2D eigenvalue weighted by atomic mass is 32.1. The number of benzene rings is 3. The Kier molecular flexibility index (Phi) is 6.42. The van der Waals surface area contributed by atoms with Crippen LogP contribution in [0, 0.1) is 0 Å². The predicted octanol–water partition coefficient (Wildman–Crippen LogP) is 4.56. The largest absolute Gasteiger partial charge is 0.369 e. The van der Waals surface area contributed by atoms with Gasteiger partial charge in [-0.1, -0.05) is 54.6 Å². The molecule has 1 aromatic heterocycles. The Morgan fingerprint density at radius 3 is 2.46 bits per heavy atom. The van der Waals surface area contributed by atoms with Crippen molar-refractivity contribution in [2.24, 2.45) is 0 Å². The number of rotatable bonds is 6. The minimum atomic E-state index is -0.758. The minimum absolute atomic E-state index is 0.141. The summed E-state index contributed by atoms with van der Waals surface area (Å²) < 4.78 is 0. The Morgan fingerprint density at radius 2 is 1.73 bits per heavy atom. The number of piperazine rings is 1. The molecule has 8 heteroatoms. The molecule has 3 aromatic carbocycles. The lowest BCUT2D eigenvalue weighted by molar-refractivity contribution is -0.120. The van der Waals surface area contributed by atoms with Gasteiger partial charge in [0.15, 0.2) is 5.13 Å². The number of nitrogens with zero attached hydrogens (tertiary/aromatic N) is 3.